The molecule has 1 amide bonds. The van der Waals surface area contributed by atoms with Crippen molar-refractivity contribution < 1.29 is 17.9 Å². The number of rotatable bonds is 6. The van der Waals surface area contributed by atoms with Crippen molar-refractivity contribution in [3.63, 3.8) is 0 Å². The van der Waals surface area contributed by atoms with Crippen LogP contribution in [0.15, 0.2) is 18.2 Å². The molecule has 0 aliphatic heterocycles. The highest BCUT2D eigenvalue weighted by atomic mass is 35.5. The average molecular weight is 397 g/mol. The van der Waals surface area contributed by atoms with E-state index in [4.69, 9.17) is 27.9 Å². The van der Waals surface area contributed by atoms with Gasteiger partial charge in [0.1, 0.15) is 5.60 Å². The summed E-state index contributed by atoms with van der Waals surface area (Å²) in [4.78, 5) is 13.1. The maximum atomic E-state index is 12.1. The van der Waals surface area contributed by atoms with Gasteiger partial charge in [0.05, 0.1) is 15.8 Å². The molecule has 0 aliphatic carbocycles. The first kappa shape index (κ1) is 21.0. The van der Waals surface area contributed by atoms with Gasteiger partial charge in [0.15, 0.2) is 0 Å². The number of nitrogens with one attached hydrogen (secondary N) is 1. The highest BCUT2D eigenvalue weighted by Gasteiger charge is 2.20. The summed E-state index contributed by atoms with van der Waals surface area (Å²) in [5.74, 6) is -0.222. The molecule has 0 bridgehead atoms. The molecule has 0 heterocycles. The highest BCUT2D eigenvalue weighted by molar-refractivity contribution is 7.88. The van der Waals surface area contributed by atoms with Crippen LogP contribution in [-0.2, 0) is 20.5 Å². The van der Waals surface area contributed by atoms with Crippen LogP contribution in [-0.4, -0.2) is 45.1 Å². The van der Waals surface area contributed by atoms with E-state index in [1.165, 1.54) is 11.0 Å². The van der Waals surface area contributed by atoms with Gasteiger partial charge in [0.25, 0.3) is 0 Å². The number of benzene rings is 1. The third-order valence-corrected chi connectivity index (χ3v) is 4.91. The molecule has 1 rings (SSSR count). The number of hydrogen-bond donors (Lipinski definition) is 1. The fourth-order valence-electron chi connectivity index (χ4n) is 1.70. The van der Waals surface area contributed by atoms with E-state index in [9.17, 15) is 13.2 Å². The number of carbonyl (C=O) groups is 1. The zero-order valence-corrected chi connectivity index (χ0v) is 16.4. The van der Waals surface area contributed by atoms with Gasteiger partial charge in [-0.2, -0.15) is 0 Å². The summed E-state index contributed by atoms with van der Waals surface area (Å²) < 4.78 is 31.7. The maximum absolute atomic E-state index is 12.1. The van der Waals surface area contributed by atoms with Gasteiger partial charge in [-0.1, -0.05) is 29.3 Å². The van der Waals surface area contributed by atoms with Gasteiger partial charge in [-0.15, -0.1) is 0 Å². The monoisotopic (exact) mass is 396 g/mol. The van der Waals surface area contributed by atoms with Gasteiger partial charge in [-0.05, 0) is 38.5 Å². The zero-order valence-electron chi connectivity index (χ0n) is 14.1. The van der Waals surface area contributed by atoms with Crippen LogP contribution in [0.3, 0.4) is 0 Å². The largest absolute Gasteiger partial charge is 0.444 e. The molecule has 0 aliphatic rings. The SMILES string of the molecule is CN(CCNS(=O)(=O)Cc1ccc(Cl)c(Cl)c1)C(=O)OC(C)(C)C. The van der Waals surface area contributed by atoms with Crippen LogP contribution in [0.25, 0.3) is 0 Å². The number of hydrogen-bond acceptors (Lipinski definition) is 4. The molecule has 136 valence electrons. The Hall–Kier alpha value is -1.02. The number of halogens is 2. The number of nitrogens with zero attached hydrogens (tertiary/aromatic N) is 1. The number of sulfonamides is 1. The van der Waals surface area contributed by atoms with Gasteiger partial charge in [0, 0.05) is 20.1 Å². The van der Waals surface area contributed by atoms with Gasteiger partial charge >= 0.3 is 6.09 Å². The van der Waals surface area contributed by atoms with Crippen molar-refractivity contribution in [2.45, 2.75) is 32.1 Å². The number of amides is 1. The summed E-state index contributed by atoms with van der Waals surface area (Å²) in [7, 11) is -2.01. The predicted octanol–water partition coefficient (Wildman–Crippen LogP) is 3.28. The smallest absolute Gasteiger partial charge is 0.410 e. The molecule has 1 aromatic rings. The Morgan fingerprint density at radius 1 is 1.25 bits per heavy atom. The van der Waals surface area contributed by atoms with E-state index in [-0.39, 0.29) is 18.8 Å². The molecule has 6 nitrogen and oxygen atoms in total. The quantitative estimate of drug-likeness (QED) is 0.800. The first-order valence-corrected chi connectivity index (χ1v) is 9.66. The van der Waals surface area contributed by atoms with E-state index in [1.807, 2.05) is 0 Å². The van der Waals surface area contributed by atoms with Crippen molar-refractivity contribution in [1.82, 2.24) is 9.62 Å². The molecule has 0 aromatic heterocycles. The van der Waals surface area contributed by atoms with Crippen molar-refractivity contribution in [2.24, 2.45) is 0 Å². The fourth-order valence-corrected chi connectivity index (χ4v) is 3.14. The maximum Gasteiger partial charge on any atom is 0.410 e. The second-order valence-corrected chi connectivity index (χ2v) is 8.93. The minimum Gasteiger partial charge on any atom is -0.444 e. The predicted molar refractivity (Wildman–Crippen MR) is 96.0 cm³/mol. The van der Waals surface area contributed by atoms with Crippen LogP contribution in [0.4, 0.5) is 4.79 Å². The first-order valence-electron chi connectivity index (χ1n) is 7.25. The first-order chi connectivity index (χ1) is 10.9. The fraction of sp³-hybridized carbons (Fsp3) is 0.533. The summed E-state index contributed by atoms with van der Waals surface area (Å²) in [6, 6.07) is 4.65. The second-order valence-electron chi connectivity index (χ2n) is 6.30. The minimum absolute atomic E-state index is 0.0827. The third kappa shape index (κ3) is 7.70. The van der Waals surface area contributed by atoms with Crippen molar-refractivity contribution in [3.8, 4) is 0 Å². The van der Waals surface area contributed by atoms with Gasteiger partial charge < -0.3 is 9.64 Å². The molecule has 0 saturated carbocycles. The van der Waals surface area contributed by atoms with Gasteiger partial charge in [-0.3, -0.25) is 0 Å². The van der Waals surface area contributed by atoms with Crippen molar-refractivity contribution in [2.75, 3.05) is 20.1 Å². The Kier molecular flexibility index (Phi) is 7.34. The van der Waals surface area contributed by atoms with E-state index in [0.29, 0.717) is 15.6 Å². The van der Waals surface area contributed by atoms with Gasteiger partial charge in [-0.25, -0.2) is 17.9 Å². The van der Waals surface area contributed by atoms with Crippen molar-refractivity contribution >= 4 is 39.3 Å². The Labute approximate surface area is 153 Å². The summed E-state index contributed by atoms with van der Waals surface area (Å²) in [6.45, 7) is 5.56. The molecule has 1 N–H and O–H groups in total. The Bertz CT molecular complexity index is 687. The van der Waals surface area contributed by atoms with E-state index in [0.717, 1.165) is 0 Å². The highest BCUT2D eigenvalue weighted by Crippen LogP contribution is 2.23. The number of likely N-dealkylation sites (N-methyl/N-ethyl adjacent to an activating group) is 1. The van der Waals surface area contributed by atoms with Crippen LogP contribution in [0.1, 0.15) is 26.3 Å². The van der Waals surface area contributed by atoms with Crippen molar-refractivity contribution in [1.29, 1.82) is 0 Å². The normalized spacial score (nSPS) is 12.1. The Balaban J connectivity index is 2.50. The van der Waals surface area contributed by atoms with E-state index < -0.39 is 21.7 Å². The van der Waals surface area contributed by atoms with Crippen molar-refractivity contribution in [3.05, 3.63) is 33.8 Å². The number of ether oxygens (including phenoxy) is 1. The second kappa shape index (κ2) is 8.38. The molecule has 0 atom stereocenters. The number of carbonyl (C=O) groups excluding carboxylic acids is 1. The summed E-state index contributed by atoms with van der Waals surface area (Å²) >= 11 is 11.7. The van der Waals surface area contributed by atoms with E-state index in [2.05, 4.69) is 4.72 Å². The van der Waals surface area contributed by atoms with E-state index >= 15 is 0 Å². The lowest BCUT2D eigenvalue weighted by Gasteiger charge is -2.24. The minimum atomic E-state index is -3.55. The summed E-state index contributed by atoms with van der Waals surface area (Å²) in [5.41, 5.74) is -0.0731. The standard InChI is InChI=1S/C15H22Cl2N2O4S/c1-15(2,3)23-14(20)19(4)8-7-18-24(21,22)10-11-5-6-12(16)13(17)9-11/h5-6,9,18H,7-8,10H2,1-4H3. The topological polar surface area (TPSA) is 75.7 Å². The third-order valence-electron chi connectivity index (χ3n) is 2.82. The van der Waals surface area contributed by atoms with Crippen LogP contribution < -0.4 is 4.72 Å². The molecule has 0 radical (unpaired) electrons. The molecule has 0 unspecified atom stereocenters. The molecule has 0 fully saturated rings. The molecule has 0 saturated heterocycles. The van der Waals surface area contributed by atoms with Crippen LogP contribution in [0.5, 0.6) is 0 Å². The zero-order chi connectivity index (χ0) is 18.5. The molecular formula is C15H22Cl2N2O4S. The lowest BCUT2D eigenvalue weighted by Crippen LogP contribution is -2.39. The Morgan fingerprint density at radius 2 is 1.88 bits per heavy atom. The molecular weight excluding hydrogens is 375 g/mol. The van der Waals surface area contributed by atoms with Gasteiger partial charge in [0.2, 0.25) is 10.0 Å². The summed E-state index contributed by atoms with van der Waals surface area (Å²) in [5, 5.41) is 0.666. The van der Waals surface area contributed by atoms with Crippen LogP contribution in [0.2, 0.25) is 10.0 Å². The average Bonchev–Trinajstić information content (AvgIpc) is 2.40. The molecule has 0 spiro atoms. The van der Waals surface area contributed by atoms with E-state index in [1.54, 1.807) is 40.0 Å². The molecule has 9 heteroatoms. The summed E-state index contributed by atoms with van der Waals surface area (Å²) in [6.07, 6.45) is -0.508. The Morgan fingerprint density at radius 3 is 2.42 bits per heavy atom. The molecule has 1 aromatic carbocycles. The van der Waals surface area contributed by atoms with Crippen LogP contribution in [0, 0.1) is 0 Å². The van der Waals surface area contributed by atoms with Crippen LogP contribution >= 0.6 is 23.2 Å². The lowest BCUT2D eigenvalue weighted by atomic mass is 10.2. The molecule has 24 heavy (non-hydrogen) atoms. The lowest BCUT2D eigenvalue weighted by molar-refractivity contribution is 0.0302.